The molecule has 0 unspecified atom stereocenters. The summed E-state index contributed by atoms with van der Waals surface area (Å²) >= 11 is 0.746. The maximum Gasteiger partial charge on any atom is 0.328 e. The standard InChI is InChI=1S/C5H8N4O3S2.C4H4O4/c1-3(10)7-4-9(2)8-5(13-4)14(6,11)12;5-3(6)1-2-4(7)8/h1-2H3,(H2,6,11,12);1-2H,(H,5,6)(H,7,8)/b7-4-;2-1-. The molecule has 4 N–H and O–H groups in total. The number of rotatable bonds is 3. The Balaban J connectivity index is 0.000000472. The summed E-state index contributed by atoms with van der Waals surface area (Å²) in [5.74, 6) is -2.94. The molecule has 0 atom stereocenters. The fourth-order valence-electron chi connectivity index (χ4n) is 0.817. The molecule has 0 saturated heterocycles. The smallest absolute Gasteiger partial charge is 0.328 e. The number of aromatic nitrogens is 2. The number of hydrogen-bond acceptors (Lipinski definition) is 7. The Morgan fingerprint density at radius 1 is 1.27 bits per heavy atom. The maximum absolute atomic E-state index is 10.9. The highest BCUT2D eigenvalue weighted by molar-refractivity contribution is 7.91. The second-order valence-corrected chi connectivity index (χ2v) is 6.15. The minimum atomic E-state index is -3.83. The van der Waals surface area contributed by atoms with Crippen LogP contribution in [0.1, 0.15) is 6.92 Å². The Kier molecular flexibility index (Phi) is 7.28. The number of amides is 1. The van der Waals surface area contributed by atoms with Gasteiger partial charge in [-0.15, -0.1) is 5.10 Å². The Labute approximate surface area is 128 Å². The summed E-state index contributed by atoms with van der Waals surface area (Å²) in [6.07, 6.45) is 1.12. The molecule has 0 aliphatic rings. The predicted octanol–water partition coefficient (Wildman–Crippen LogP) is -1.71. The second-order valence-electron chi connectivity index (χ2n) is 3.46. The zero-order valence-corrected chi connectivity index (χ0v) is 13.0. The number of aliphatic carboxylic acids is 2. The first kappa shape index (κ1) is 19.6. The SMILES string of the molecule is CC(=O)/N=c1\sc(S(N)(=O)=O)nn1C.O=C(O)/C=C\C(=O)O. The number of aryl methyl sites for hydroxylation is 1. The zero-order chi connectivity index (χ0) is 17.5. The summed E-state index contributed by atoms with van der Waals surface area (Å²) in [6, 6.07) is 0. The van der Waals surface area contributed by atoms with Crippen LogP contribution in [-0.4, -0.2) is 46.3 Å². The molecule has 13 heteroatoms. The van der Waals surface area contributed by atoms with Crippen molar-refractivity contribution in [2.24, 2.45) is 17.2 Å². The lowest BCUT2D eigenvalue weighted by Crippen LogP contribution is -2.14. The summed E-state index contributed by atoms with van der Waals surface area (Å²) in [5, 5.41) is 24.1. The van der Waals surface area contributed by atoms with E-state index in [1.807, 2.05) is 0 Å². The lowest BCUT2D eigenvalue weighted by Gasteiger charge is -1.86. The number of primary sulfonamides is 1. The molecule has 0 fully saturated rings. The van der Waals surface area contributed by atoms with E-state index in [9.17, 15) is 22.8 Å². The van der Waals surface area contributed by atoms with E-state index in [2.05, 4.69) is 10.1 Å². The van der Waals surface area contributed by atoms with Gasteiger partial charge >= 0.3 is 11.9 Å². The van der Waals surface area contributed by atoms with Crippen LogP contribution in [0.4, 0.5) is 0 Å². The van der Waals surface area contributed by atoms with Gasteiger partial charge in [0.2, 0.25) is 15.0 Å². The van der Waals surface area contributed by atoms with Gasteiger partial charge in [-0.05, 0) is 0 Å². The van der Waals surface area contributed by atoms with Crippen molar-refractivity contribution in [2.45, 2.75) is 11.3 Å². The van der Waals surface area contributed by atoms with Crippen LogP contribution in [0.25, 0.3) is 0 Å². The number of hydrogen-bond donors (Lipinski definition) is 3. The average Bonchev–Trinajstić information content (AvgIpc) is 2.68. The Bertz CT molecular complexity index is 756. The number of carbonyl (C=O) groups is 3. The van der Waals surface area contributed by atoms with Crippen molar-refractivity contribution in [3.63, 3.8) is 0 Å². The van der Waals surface area contributed by atoms with Gasteiger partial charge in [-0.1, -0.05) is 11.3 Å². The minimum absolute atomic E-state index is 0.196. The number of carbonyl (C=O) groups excluding carboxylic acids is 1. The molecule has 11 nitrogen and oxygen atoms in total. The molecule has 0 saturated carbocycles. The van der Waals surface area contributed by atoms with Crippen molar-refractivity contribution in [3.05, 3.63) is 17.0 Å². The lowest BCUT2D eigenvalue weighted by molar-refractivity contribution is -0.134. The van der Waals surface area contributed by atoms with E-state index in [0.717, 1.165) is 11.3 Å². The van der Waals surface area contributed by atoms with Crippen molar-refractivity contribution < 1.29 is 33.0 Å². The van der Waals surface area contributed by atoms with E-state index < -0.39 is 27.9 Å². The van der Waals surface area contributed by atoms with Crippen LogP contribution < -0.4 is 9.94 Å². The van der Waals surface area contributed by atoms with E-state index in [4.69, 9.17) is 15.4 Å². The number of carboxylic acids is 2. The second kappa shape index (κ2) is 8.16. The molecule has 1 rings (SSSR count). The molecular weight excluding hydrogens is 340 g/mol. The topological polar surface area (TPSA) is 182 Å². The number of sulfonamides is 1. The van der Waals surface area contributed by atoms with Crippen LogP contribution in [0.5, 0.6) is 0 Å². The molecule has 0 aliphatic carbocycles. The molecule has 1 amide bonds. The van der Waals surface area contributed by atoms with E-state index >= 15 is 0 Å². The largest absolute Gasteiger partial charge is 0.478 e. The average molecular weight is 352 g/mol. The summed E-state index contributed by atoms with van der Waals surface area (Å²) < 4.78 is 22.7. The van der Waals surface area contributed by atoms with Crippen LogP contribution in [0.15, 0.2) is 21.5 Å². The predicted molar refractivity (Wildman–Crippen MR) is 73.1 cm³/mol. The molecule has 22 heavy (non-hydrogen) atoms. The molecule has 0 aliphatic heterocycles. The van der Waals surface area contributed by atoms with Crippen LogP contribution in [-0.2, 0) is 31.5 Å². The van der Waals surface area contributed by atoms with Gasteiger partial charge in [0.1, 0.15) is 0 Å². The van der Waals surface area contributed by atoms with Gasteiger partial charge in [0.05, 0.1) is 0 Å². The van der Waals surface area contributed by atoms with E-state index in [1.54, 1.807) is 0 Å². The first-order chi connectivity index (χ1) is 9.93. The lowest BCUT2D eigenvalue weighted by atomic mass is 10.5. The van der Waals surface area contributed by atoms with Gasteiger partial charge in [-0.25, -0.2) is 27.8 Å². The summed E-state index contributed by atoms with van der Waals surface area (Å²) in [7, 11) is -2.35. The Morgan fingerprint density at radius 3 is 2.00 bits per heavy atom. The van der Waals surface area contributed by atoms with Crippen molar-refractivity contribution in [3.8, 4) is 0 Å². The molecule has 0 radical (unpaired) electrons. The fourth-order valence-corrected chi connectivity index (χ4v) is 2.41. The van der Waals surface area contributed by atoms with Gasteiger partial charge in [0, 0.05) is 26.1 Å². The van der Waals surface area contributed by atoms with Gasteiger partial charge in [-0.2, -0.15) is 4.99 Å². The van der Waals surface area contributed by atoms with E-state index in [1.165, 1.54) is 18.7 Å². The van der Waals surface area contributed by atoms with Crippen molar-refractivity contribution in [1.82, 2.24) is 9.78 Å². The van der Waals surface area contributed by atoms with Crippen LogP contribution in [0.2, 0.25) is 0 Å². The molecule has 0 bridgehead atoms. The summed E-state index contributed by atoms with van der Waals surface area (Å²) in [6.45, 7) is 1.26. The quantitative estimate of drug-likeness (QED) is 0.537. The Hall–Kier alpha value is -2.38. The van der Waals surface area contributed by atoms with Crippen LogP contribution in [0, 0.1) is 0 Å². The van der Waals surface area contributed by atoms with E-state index in [-0.39, 0.29) is 9.14 Å². The molecule has 122 valence electrons. The highest BCUT2D eigenvalue weighted by Gasteiger charge is 2.14. The minimum Gasteiger partial charge on any atom is -0.478 e. The van der Waals surface area contributed by atoms with Crippen molar-refractivity contribution >= 4 is 39.2 Å². The normalized spacial score (nSPS) is 11.9. The first-order valence-electron chi connectivity index (χ1n) is 5.19. The third-order valence-corrected chi connectivity index (χ3v) is 3.86. The zero-order valence-electron chi connectivity index (χ0n) is 11.3. The van der Waals surface area contributed by atoms with Crippen molar-refractivity contribution in [1.29, 1.82) is 0 Å². The Morgan fingerprint density at radius 2 is 1.73 bits per heavy atom. The number of nitrogens with zero attached hydrogens (tertiary/aromatic N) is 3. The molecule has 0 aromatic carbocycles. The highest BCUT2D eigenvalue weighted by Crippen LogP contribution is 2.03. The highest BCUT2D eigenvalue weighted by atomic mass is 32.2. The summed E-state index contributed by atoms with van der Waals surface area (Å²) in [4.78, 5) is 33.5. The fraction of sp³-hybridized carbons (Fsp3) is 0.222. The third-order valence-electron chi connectivity index (χ3n) is 1.55. The summed E-state index contributed by atoms with van der Waals surface area (Å²) in [5.41, 5.74) is 0. The molecule has 1 aromatic heterocycles. The monoisotopic (exact) mass is 352 g/mol. The first-order valence-corrected chi connectivity index (χ1v) is 7.56. The van der Waals surface area contributed by atoms with Gasteiger partial charge < -0.3 is 10.2 Å². The van der Waals surface area contributed by atoms with Gasteiger partial charge in [0.25, 0.3) is 10.0 Å². The number of carboxylic acid groups (broad SMARTS) is 2. The molecule has 0 spiro atoms. The maximum atomic E-state index is 10.9. The third kappa shape index (κ3) is 8.03. The van der Waals surface area contributed by atoms with Crippen LogP contribution in [0.3, 0.4) is 0 Å². The van der Waals surface area contributed by atoms with Crippen LogP contribution >= 0.6 is 11.3 Å². The van der Waals surface area contributed by atoms with Gasteiger partial charge in [-0.3, -0.25) is 4.79 Å². The van der Waals surface area contributed by atoms with E-state index in [0.29, 0.717) is 12.2 Å². The van der Waals surface area contributed by atoms with Crippen molar-refractivity contribution in [2.75, 3.05) is 0 Å². The number of nitrogens with two attached hydrogens (primary N) is 1. The molecule has 1 heterocycles. The molecular formula is C9H12N4O7S2. The molecule has 1 aromatic rings. The van der Waals surface area contributed by atoms with Gasteiger partial charge in [0.15, 0.2) is 0 Å².